The Morgan fingerprint density at radius 2 is 2.10 bits per heavy atom. The fourth-order valence-electron chi connectivity index (χ4n) is 4.62. The Kier molecular flexibility index (Phi) is 4.67. The summed E-state index contributed by atoms with van der Waals surface area (Å²) < 4.78 is 25.6. The van der Waals surface area contributed by atoms with Crippen LogP contribution in [-0.2, 0) is 19.1 Å². The van der Waals surface area contributed by atoms with Crippen molar-refractivity contribution in [2.45, 2.75) is 44.4 Å². The van der Waals surface area contributed by atoms with Gasteiger partial charge in [-0.1, -0.05) is 23.5 Å². The number of carbonyl (C=O) groups is 2. The van der Waals surface area contributed by atoms with Gasteiger partial charge in [-0.2, -0.15) is 0 Å². The van der Waals surface area contributed by atoms with E-state index in [0.717, 1.165) is 6.42 Å². The number of hydrogen-bond donors (Lipinski definition) is 0. The van der Waals surface area contributed by atoms with Gasteiger partial charge in [0.15, 0.2) is 11.5 Å². The maximum atomic E-state index is 14.0. The van der Waals surface area contributed by atoms with E-state index in [1.54, 1.807) is 26.2 Å². The van der Waals surface area contributed by atoms with Crippen molar-refractivity contribution in [1.29, 1.82) is 0 Å². The Bertz CT molecular complexity index is 1070. The Morgan fingerprint density at radius 3 is 2.80 bits per heavy atom. The maximum Gasteiger partial charge on any atom is 0.296 e. The highest BCUT2D eigenvalue weighted by Gasteiger charge is 2.54. The predicted octanol–water partition coefficient (Wildman–Crippen LogP) is 3.11. The number of carbonyl (C=O) groups excluding carboxylic acids is 2. The number of rotatable bonds is 3. The lowest BCUT2D eigenvalue weighted by Crippen LogP contribution is -2.43. The smallest absolute Gasteiger partial charge is 0.296 e. The van der Waals surface area contributed by atoms with Crippen LogP contribution in [0, 0.1) is 18.7 Å². The zero-order valence-corrected chi connectivity index (χ0v) is 17.3. The highest BCUT2D eigenvalue weighted by Crippen LogP contribution is 2.48. The normalized spacial score (nSPS) is 28.4. The van der Waals surface area contributed by atoms with Crippen molar-refractivity contribution in [3.63, 3.8) is 0 Å². The minimum atomic E-state index is -0.788. The number of halogens is 1. The summed E-state index contributed by atoms with van der Waals surface area (Å²) in [6.07, 6.45) is 1.54. The Labute approximate surface area is 176 Å². The molecule has 1 aromatic carbocycles. The number of hydrogen-bond acceptors (Lipinski definition) is 7. The summed E-state index contributed by atoms with van der Waals surface area (Å²) in [6.45, 7) is 1.79. The van der Waals surface area contributed by atoms with E-state index in [0.29, 0.717) is 28.5 Å². The molecule has 156 valence electrons. The van der Waals surface area contributed by atoms with Crippen molar-refractivity contribution in [2.24, 2.45) is 5.92 Å². The van der Waals surface area contributed by atoms with E-state index in [1.165, 1.54) is 28.4 Å². The van der Waals surface area contributed by atoms with Crippen LogP contribution in [0.5, 0.6) is 0 Å². The first-order valence-electron chi connectivity index (χ1n) is 9.85. The molecule has 2 aliphatic heterocycles. The fourth-order valence-corrected chi connectivity index (χ4v) is 5.33. The molecule has 3 heterocycles. The first kappa shape index (κ1) is 19.3. The average Bonchev–Trinajstić information content (AvgIpc) is 3.29. The van der Waals surface area contributed by atoms with E-state index in [-0.39, 0.29) is 29.1 Å². The van der Waals surface area contributed by atoms with Gasteiger partial charge in [0, 0.05) is 13.5 Å². The number of nitrogens with zero attached hydrogens (tertiary/aromatic N) is 3. The van der Waals surface area contributed by atoms with Crippen molar-refractivity contribution in [1.82, 2.24) is 10.2 Å². The minimum Gasteiger partial charge on any atom is -0.483 e. The number of aromatic nitrogens is 2. The molecule has 0 saturated heterocycles. The lowest BCUT2D eigenvalue weighted by atomic mass is 9.76. The highest BCUT2D eigenvalue weighted by atomic mass is 32.1. The third-order valence-corrected chi connectivity index (χ3v) is 6.86. The SMILES string of the molecule is COC1CCC2C(=O)C3=C(OC2C1)C(=O)N(c1nnc(C)s1)C3c1cccc(F)c1. The molecule has 30 heavy (non-hydrogen) atoms. The first-order valence-corrected chi connectivity index (χ1v) is 10.7. The Morgan fingerprint density at radius 1 is 1.27 bits per heavy atom. The van der Waals surface area contributed by atoms with Gasteiger partial charge in [-0.05, 0) is 37.5 Å². The molecule has 0 radical (unpaired) electrons. The van der Waals surface area contributed by atoms with Gasteiger partial charge in [0.2, 0.25) is 5.13 Å². The highest BCUT2D eigenvalue weighted by molar-refractivity contribution is 7.15. The minimum absolute atomic E-state index is 0.00126. The van der Waals surface area contributed by atoms with Crippen molar-refractivity contribution in [3.8, 4) is 0 Å². The van der Waals surface area contributed by atoms with Crippen LogP contribution in [0.25, 0.3) is 0 Å². The van der Waals surface area contributed by atoms with E-state index in [9.17, 15) is 14.0 Å². The molecule has 7 nitrogen and oxygen atoms in total. The molecule has 1 aliphatic carbocycles. The molecule has 0 N–H and O–H groups in total. The van der Waals surface area contributed by atoms with Crippen molar-refractivity contribution in [3.05, 3.63) is 52.0 Å². The van der Waals surface area contributed by atoms with Gasteiger partial charge in [0.05, 0.1) is 23.6 Å². The number of amides is 1. The zero-order valence-electron chi connectivity index (χ0n) is 16.5. The molecule has 2 aromatic rings. The summed E-state index contributed by atoms with van der Waals surface area (Å²) >= 11 is 1.24. The largest absolute Gasteiger partial charge is 0.483 e. The topological polar surface area (TPSA) is 81.6 Å². The predicted molar refractivity (Wildman–Crippen MR) is 106 cm³/mol. The molecule has 1 fully saturated rings. The second kappa shape index (κ2) is 7.24. The lowest BCUT2D eigenvalue weighted by molar-refractivity contribution is -0.135. The van der Waals surface area contributed by atoms with Crippen molar-refractivity contribution in [2.75, 3.05) is 12.0 Å². The zero-order chi connectivity index (χ0) is 21.0. The molecule has 1 amide bonds. The average molecular weight is 429 g/mol. The van der Waals surface area contributed by atoms with E-state index in [4.69, 9.17) is 9.47 Å². The molecule has 1 aromatic heterocycles. The van der Waals surface area contributed by atoms with E-state index >= 15 is 0 Å². The van der Waals surface area contributed by atoms with Crippen LogP contribution < -0.4 is 4.90 Å². The summed E-state index contributed by atoms with van der Waals surface area (Å²) in [4.78, 5) is 28.4. The van der Waals surface area contributed by atoms with E-state index in [1.807, 2.05) is 0 Å². The Hall–Kier alpha value is -2.65. The summed E-state index contributed by atoms with van der Waals surface area (Å²) in [6, 6.07) is 5.16. The van der Waals surface area contributed by atoms with Gasteiger partial charge >= 0.3 is 0 Å². The number of anilines is 1. The molecule has 3 aliphatic rings. The molecular weight excluding hydrogens is 409 g/mol. The summed E-state index contributed by atoms with van der Waals surface area (Å²) in [5.41, 5.74) is 0.790. The first-order chi connectivity index (χ1) is 14.5. The molecule has 0 spiro atoms. The molecule has 4 unspecified atom stereocenters. The summed E-state index contributed by atoms with van der Waals surface area (Å²) in [5.74, 6) is -1.29. The van der Waals surface area contributed by atoms with Crippen LogP contribution in [0.2, 0.25) is 0 Å². The van der Waals surface area contributed by atoms with Crippen LogP contribution in [0.3, 0.4) is 0 Å². The standard InChI is InChI=1S/C21H20FN3O4S/c1-10-23-24-21(30-10)25-17(11-4-3-5-12(22)8-11)16-18(26)14-7-6-13(28-2)9-15(14)29-19(16)20(25)27/h3-5,8,13-15,17H,6-7,9H2,1-2H3. The number of Topliss-reactive ketones (excluding diaryl/α,β-unsaturated/α-hetero) is 1. The van der Waals surface area contributed by atoms with Crippen molar-refractivity contribution >= 4 is 28.2 Å². The van der Waals surface area contributed by atoms with Crippen LogP contribution in [0.15, 0.2) is 35.6 Å². The van der Waals surface area contributed by atoms with Crippen LogP contribution >= 0.6 is 11.3 Å². The van der Waals surface area contributed by atoms with E-state index in [2.05, 4.69) is 10.2 Å². The second-order valence-electron chi connectivity index (χ2n) is 7.78. The quantitative estimate of drug-likeness (QED) is 0.746. The number of benzene rings is 1. The monoisotopic (exact) mass is 429 g/mol. The molecule has 5 rings (SSSR count). The maximum absolute atomic E-state index is 14.0. The Balaban J connectivity index is 1.62. The summed E-state index contributed by atoms with van der Waals surface area (Å²) in [5, 5.41) is 9.16. The molecule has 0 bridgehead atoms. The lowest BCUT2D eigenvalue weighted by Gasteiger charge is -2.38. The van der Waals surface area contributed by atoms with E-state index < -0.39 is 23.9 Å². The van der Waals surface area contributed by atoms with Gasteiger partial charge in [0.1, 0.15) is 16.9 Å². The van der Waals surface area contributed by atoms with Gasteiger partial charge in [-0.3, -0.25) is 14.5 Å². The third kappa shape index (κ3) is 2.95. The van der Waals surface area contributed by atoms with Crippen LogP contribution in [0.1, 0.15) is 35.9 Å². The molecule has 1 saturated carbocycles. The van der Waals surface area contributed by atoms with Gasteiger partial charge in [-0.25, -0.2) is 4.39 Å². The summed E-state index contributed by atoms with van der Waals surface area (Å²) in [7, 11) is 1.64. The third-order valence-electron chi connectivity index (χ3n) is 6.02. The number of ether oxygens (including phenoxy) is 2. The number of ketones is 1. The van der Waals surface area contributed by atoms with Gasteiger partial charge < -0.3 is 9.47 Å². The molecule has 9 heteroatoms. The van der Waals surface area contributed by atoms with Crippen LogP contribution in [0.4, 0.5) is 9.52 Å². The van der Waals surface area contributed by atoms with Gasteiger partial charge in [0.25, 0.3) is 5.91 Å². The second-order valence-corrected chi connectivity index (χ2v) is 8.94. The molecule has 4 atom stereocenters. The van der Waals surface area contributed by atoms with Gasteiger partial charge in [-0.15, -0.1) is 10.2 Å². The van der Waals surface area contributed by atoms with Crippen molar-refractivity contribution < 1.29 is 23.5 Å². The van der Waals surface area contributed by atoms with Crippen LogP contribution in [-0.4, -0.2) is 41.2 Å². The number of methoxy groups -OCH3 is 1. The fraction of sp³-hybridized carbons (Fsp3) is 0.429. The number of aryl methyl sites for hydroxylation is 1. The number of fused-ring (bicyclic) bond motifs is 1. The molecular formula is C21H20FN3O4S.